The van der Waals surface area contributed by atoms with Gasteiger partial charge in [0.1, 0.15) is 17.2 Å². The lowest BCUT2D eigenvalue weighted by Crippen LogP contribution is -2.60. The van der Waals surface area contributed by atoms with Crippen molar-refractivity contribution in [3.05, 3.63) is 29.6 Å². The Morgan fingerprint density at radius 2 is 1.94 bits per heavy atom. The first-order chi connectivity index (χ1) is 15.7. The van der Waals surface area contributed by atoms with Gasteiger partial charge in [-0.15, -0.1) is 0 Å². The minimum Gasteiger partial charge on any atom is -0.483 e. The lowest BCUT2D eigenvalue weighted by Gasteiger charge is -2.42. The molecule has 2 atom stereocenters. The third-order valence-corrected chi connectivity index (χ3v) is 6.75. The van der Waals surface area contributed by atoms with Crippen molar-refractivity contribution in [3.63, 3.8) is 0 Å². The van der Waals surface area contributed by atoms with Gasteiger partial charge in [0.2, 0.25) is 0 Å². The van der Waals surface area contributed by atoms with Crippen molar-refractivity contribution < 1.29 is 28.2 Å². The van der Waals surface area contributed by atoms with Crippen LogP contribution in [0.2, 0.25) is 0 Å². The molecule has 1 N–H and O–H groups in total. The third-order valence-electron chi connectivity index (χ3n) is 6.75. The van der Waals surface area contributed by atoms with E-state index >= 15 is 0 Å². The number of piperidine rings is 1. The van der Waals surface area contributed by atoms with E-state index in [0.717, 1.165) is 38.5 Å². The van der Waals surface area contributed by atoms with E-state index in [1.165, 1.54) is 6.07 Å². The number of hydrogen-bond acceptors (Lipinski definition) is 5. The molecule has 2 fully saturated rings. The molecule has 0 spiro atoms. The van der Waals surface area contributed by atoms with Crippen LogP contribution in [0.1, 0.15) is 70.8 Å². The van der Waals surface area contributed by atoms with Crippen molar-refractivity contribution in [3.8, 4) is 5.75 Å². The second-order valence-corrected chi connectivity index (χ2v) is 10.3. The van der Waals surface area contributed by atoms with Crippen LogP contribution in [0.25, 0.3) is 0 Å². The lowest BCUT2D eigenvalue weighted by molar-refractivity contribution is -0.140. The minimum atomic E-state index is -0.606. The second kappa shape index (κ2) is 9.87. The fourth-order valence-corrected chi connectivity index (χ4v) is 5.21. The molecular formula is C25H35FN2O5. The molecule has 5 rings (SSSR count). The molecule has 4 aliphatic rings. The Labute approximate surface area is 194 Å². The third kappa shape index (κ3) is 5.78. The van der Waals surface area contributed by atoms with E-state index in [4.69, 9.17) is 14.2 Å². The van der Waals surface area contributed by atoms with Crippen LogP contribution < -0.4 is 10.1 Å². The van der Waals surface area contributed by atoms with Crippen LogP contribution in [0.15, 0.2) is 18.2 Å². The highest BCUT2D eigenvalue weighted by Gasteiger charge is 2.38. The van der Waals surface area contributed by atoms with Crippen LogP contribution in [0.3, 0.4) is 0 Å². The Hall–Kier alpha value is -2.35. The van der Waals surface area contributed by atoms with E-state index < -0.39 is 11.7 Å². The summed E-state index contributed by atoms with van der Waals surface area (Å²) in [5, 5.41) is 2.96. The Bertz CT molecular complexity index is 863. The summed E-state index contributed by atoms with van der Waals surface area (Å²) in [5.74, 6) is 0.0304. The summed E-state index contributed by atoms with van der Waals surface area (Å²) in [5.41, 5.74) is -0.0346. The van der Waals surface area contributed by atoms with E-state index in [-0.39, 0.29) is 42.4 Å². The largest absolute Gasteiger partial charge is 0.483 e. The average Bonchev–Trinajstić information content (AvgIpc) is 2.76. The number of fused-ring (bicyclic) bond motifs is 5. The Balaban J connectivity index is 1.56. The number of amides is 2. The highest BCUT2D eigenvalue weighted by Crippen LogP contribution is 2.40. The van der Waals surface area contributed by atoms with Gasteiger partial charge in [-0.3, -0.25) is 4.79 Å². The van der Waals surface area contributed by atoms with E-state index in [1.807, 2.05) is 20.8 Å². The number of carbonyl (C=O) groups is 2. The standard InChI is InChI=1S/C25H35FN2O5/c1-25(2,3)33-24(30)27-19-7-5-13-28-20(19)14-31-17-11-9-16(10-12-17)23-18(26)6-4-8-21(23)32-15-22(28)29/h4,6,8,16-17,19-20H,5,7,9-15H2,1-3H3,(H,27,30)/t16?,17?,19-,20-/m0/s1. The van der Waals surface area contributed by atoms with E-state index in [9.17, 15) is 14.0 Å². The van der Waals surface area contributed by atoms with Crippen LogP contribution in [-0.2, 0) is 14.3 Å². The molecule has 1 aliphatic carbocycles. The molecule has 3 heterocycles. The van der Waals surface area contributed by atoms with Gasteiger partial charge in [-0.1, -0.05) is 6.07 Å². The highest BCUT2D eigenvalue weighted by molar-refractivity contribution is 5.78. The number of rotatable bonds is 1. The fraction of sp³-hybridized carbons (Fsp3) is 0.680. The topological polar surface area (TPSA) is 77.1 Å². The highest BCUT2D eigenvalue weighted by atomic mass is 19.1. The molecule has 0 aromatic heterocycles. The van der Waals surface area contributed by atoms with E-state index in [2.05, 4.69) is 5.32 Å². The predicted octanol–water partition coefficient (Wildman–Crippen LogP) is 4.15. The van der Waals surface area contributed by atoms with Crippen molar-refractivity contribution in [2.75, 3.05) is 19.8 Å². The smallest absolute Gasteiger partial charge is 0.407 e. The zero-order chi connectivity index (χ0) is 23.6. The SMILES string of the molecule is CC(C)(C)OC(=O)N[C@H]1CCCN2C(=O)COc3cccc(F)c3C3CCC(CC3)OC[C@@H]12. The molecule has 7 nitrogen and oxygen atoms in total. The molecule has 3 aliphatic heterocycles. The zero-order valence-electron chi connectivity index (χ0n) is 19.8. The molecule has 2 amide bonds. The molecule has 1 aromatic carbocycles. The summed E-state index contributed by atoms with van der Waals surface area (Å²) in [6.45, 7) is 6.18. The van der Waals surface area contributed by atoms with Crippen LogP contribution in [0, 0.1) is 5.82 Å². The number of nitrogens with one attached hydrogen (secondary N) is 1. The number of halogens is 1. The van der Waals surface area contributed by atoms with Crippen LogP contribution in [0.5, 0.6) is 5.75 Å². The number of benzene rings is 1. The maximum absolute atomic E-state index is 14.7. The summed E-state index contributed by atoms with van der Waals surface area (Å²) in [6.07, 6.45) is 4.31. The van der Waals surface area contributed by atoms with Crippen LogP contribution >= 0.6 is 0 Å². The first kappa shape index (κ1) is 23.8. The first-order valence-corrected chi connectivity index (χ1v) is 12.0. The molecule has 182 valence electrons. The first-order valence-electron chi connectivity index (χ1n) is 12.0. The lowest BCUT2D eigenvalue weighted by atomic mass is 9.82. The fourth-order valence-electron chi connectivity index (χ4n) is 5.21. The van der Waals surface area contributed by atoms with Crippen molar-refractivity contribution in [2.45, 2.75) is 89.0 Å². The van der Waals surface area contributed by atoms with Gasteiger partial charge in [-0.25, -0.2) is 9.18 Å². The molecule has 8 heteroatoms. The van der Waals surface area contributed by atoms with Gasteiger partial charge < -0.3 is 24.4 Å². The van der Waals surface area contributed by atoms with Gasteiger partial charge in [0.15, 0.2) is 6.61 Å². The summed E-state index contributed by atoms with van der Waals surface area (Å²) in [7, 11) is 0. The van der Waals surface area contributed by atoms with Crippen molar-refractivity contribution in [1.82, 2.24) is 10.2 Å². The summed E-state index contributed by atoms with van der Waals surface area (Å²) in [6, 6.07) is 4.24. The molecule has 2 bridgehead atoms. The van der Waals surface area contributed by atoms with Crippen molar-refractivity contribution in [2.24, 2.45) is 0 Å². The molecule has 1 saturated heterocycles. The molecule has 0 radical (unpaired) electrons. The number of carbonyl (C=O) groups excluding carboxylic acids is 2. The quantitative estimate of drug-likeness (QED) is 0.679. The van der Waals surface area contributed by atoms with E-state index in [1.54, 1.807) is 17.0 Å². The summed E-state index contributed by atoms with van der Waals surface area (Å²) >= 11 is 0. The maximum atomic E-state index is 14.7. The van der Waals surface area contributed by atoms with E-state index in [0.29, 0.717) is 24.5 Å². The Morgan fingerprint density at radius 1 is 1.18 bits per heavy atom. The molecule has 0 unspecified atom stereocenters. The summed E-state index contributed by atoms with van der Waals surface area (Å²) in [4.78, 5) is 27.4. The predicted molar refractivity (Wildman–Crippen MR) is 121 cm³/mol. The second-order valence-electron chi connectivity index (χ2n) is 10.3. The van der Waals surface area contributed by atoms with Gasteiger partial charge >= 0.3 is 6.09 Å². The normalized spacial score (nSPS) is 28.4. The van der Waals surface area contributed by atoms with Crippen LogP contribution in [-0.4, -0.2) is 60.4 Å². The number of nitrogens with zero attached hydrogens (tertiary/aromatic N) is 1. The Morgan fingerprint density at radius 3 is 2.67 bits per heavy atom. The molecular weight excluding hydrogens is 427 g/mol. The van der Waals surface area contributed by atoms with Crippen molar-refractivity contribution >= 4 is 12.0 Å². The molecule has 1 saturated carbocycles. The van der Waals surface area contributed by atoms with Gasteiger partial charge in [0.25, 0.3) is 5.91 Å². The zero-order valence-corrected chi connectivity index (χ0v) is 19.8. The Kier molecular flexibility index (Phi) is 7.12. The maximum Gasteiger partial charge on any atom is 0.407 e. The average molecular weight is 463 g/mol. The monoisotopic (exact) mass is 462 g/mol. The van der Waals surface area contributed by atoms with Gasteiger partial charge in [-0.05, 0) is 77.3 Å². The number of hydrogen-bond donors (Lipinski definition) is 1. The van der Waals surface area contributed by atoms with Gasteiger partial charge in [-0.2, -0.15) is 0 Å². The molecule has 1 aromatic rings. The minimum absolute atomic E-state index is 0.0548. The van der Waals surface area contributed by atoms with Crippen LogP contribution in [0.4, 0.5) is 9.18 Å². The number of ether oxygens (including phenoxy) is 3. The summed E-state index contributed by atoms with van der Waals surface area (Å²) < 4.78 is 32.3. The van der Waals surface area contributed by atoms with Gasteiger partial charge in [0, 0.05) is 12.1 Å². The van der Waals surface area contributed by atoms with Gasteiger partial charge in [0.05, 0.1) is 24.8 Å². The molecule has 33 heavy (non-hydrogen) atoms. The number of alkyl carbamates (subject to hydrolysis) is 1. The van der Waals surface area contributed by atoms with Crippen molar-refractivity contribution in [1.29, 1.82) is 0 Å².